The number of quaternary nitrogens is 1. The van der Waals surface area contributed by atoms with Crippen LogP contribution in [0.15, 0.2) is 0 Å². The molecule has 0 aliphatic heterocycles. The van der Waals surface area contributed by atoms with Crippen molar-refractivity contribution in [2.45, 2.75) is 0 Å². The Bertz CT molecular complexity index is 170. The summed E-state index contributed by atoms with van der Waals surface area (Å²) in [6.07, 6.45) is -1.55. The summed E-state index contributed by atoms with van der Waals surface area (Å²) < 4.78 is 4.24. The van der Waals surface area contributed by atoms with Crippen molar-refractivity contribution in [2.24, 2.45) is 0 Å². The number of rotatable bonds is 2. The minimum atomic E-state index is -1.55. The molecule has 0 amide bonds. The summed E-state index contributed by atoms with van der Waals surface area (Å²) in [5.41, 5.74) is 0. The second kappa shape index (κ2) is 3.34. The van der Waals surface area contributed by atoms with Gasteiger partial charge in [0.25, 0.3) is 0 Å². The molecule has 64 valence electrons. The van der Waals surface area contributed by atoms with Crippen molar-refractivity contribution in [3.8, 4) is 0 Å². The number of hydrogen-bond donors (Lipinski definition) is 1. The van der Waals surface area contributed by atoms with Crippen LogP contribution in [0.1, 0.15) is 0 Å². The summed E-state index contributed by atoms with van der Waals surface area (Å²) in [6, 6.07) is 0. The number of hydrogen-bond acceptors (Lipinski definition) is 3. The van der Waals surface area contributed by atoms with Crippen molar-refractivity contribution in [1.82, 2.24) is 0 Å². The Balaban J connectivity index is 3.80. The Hall–Kier alpha value is -1.10. The van der Waals surface area contributed by atoms with Crippen LogP contribution in [-0.4, -0.2) is 49.4 Å². The zero-order valence-corrected chi connectivity index (χ0v) is 6.83. The summed E-state index contributed by atoms with van der Waals surface area (Å²) in [6.45, 7) is 0.0479. The highest BCUT2D eigenvalue weighted by molar-refractivity contribution is 5.81. The molecule has 0 saturated carbocycles. The predicted octanol–water partition coefficient (Wildman–Crippen LogP) is -0.0862. The van der Waals surface area contributed by atoms with E-state index < -0.39 is 12.1 Å². The van der Waals surface area contributed by atoms with Crippen molar-refractivity contribution in [1.29, 1.82) is 0 Å². The van der Waals surface area contributed by atoms with Gasteiger partial charge < -0.3 is 14.3 Å². The van der Waals surface area contributed by atoms with E-state index in [0.29, 0.717) is 4.48 Å². The zero-order valence-electron chi connectivity index (χ0n) is 6.83. The van der Waals surface area contributed by atoms with Gasteiger partial charge in [0.1, 0.15) is 0 Å². The van der Waals surface area contributed by atoms with Gasteiger partial charge in [0.2, 0.25) is 0 Å². The van der Waals surface area contributed by atoms with Crippen LogP contribution in [0.2, 0.25) is 0 Å². The van der Waals surface area contributed by atoms with Gasteiger partial charge in [-0.3, -0.25) is 0 Å². The fourth-order valence-corrected chi connectivity index (χ4v) is 0.517. The van der Waals surface area contributed by atoms with Gasteiger partial charge in [-0.25, -0.2) is 9.59 Å². The van der Waals surface area contributed by atoms with E-state index in [1.165, 1.54) is 0 Å². The van der Waals surface area contributed by atoms with E-state index in [9.17, 15) is 9.59 Å². The lowest BCUT2D eigenvalue weighted by atomic mass is 10.5. The van der Waals surface area contributed by atoms with E-state index in [1.54, 1.807) is 21.1 Å². The van der Waals surface area contributed by atoms with Crippen LogP contribution in [0.4, 0.5) is 4.79 Å². The molecule has 0 atom stereocenters. The number of nitrogens with zero attached hydrogens (tertiary/aromatic N) is 1. The molecule has 0 fully saturated rings. The lowest BCUT2D eigenvalue weighted by molar-refractivity contribution is -0.862. The summed E-state index contributed by atoms with van der Waals surface area (Å²) >= 11 is 0. The van der Waals surface area contributed by atoms with Crippen molar-refractivity contribution in [3.63, 3.8) is 0 Å². The minimum absolute atomic E-state index is 0.0479. The number of likely N-dealkylation sites (N-methyl/N-ethyl adjacent to an activating group) is 1. The maximum absolute atomic E-state index is 10.7. The van der Waals surface area contributed by atoms with Gasteiger partial charge in [0.15, 0.2) is 6.54 Å². The zero-order chi connectivity index (χ0) is 9.07. The van der Waals surface area contributed by atoms with Gasteiger partial charge in [0.05, 0.1) is 21.1 Å². The third-order valence-electron chi connectivity index (χ3n) is 0.805. The normalized spacial score (nSPS) is 10.8. The highest BCUT2D eigenvalue weighted by Gasteiger charge is 2.17. The molecule has 0 aromatic carbocycles. The Morgan fingerprint density at radius 3 is 2.09 bits per heavy atom. The lowest BCUT2D eigenvalue weighted by Gasteiger charge is -2.21. The number of carbonyl (C=O) groups is 2. The Kier molecular flexibility index (Phi) is 3.00. The van der Waals surface area contributed by atoms with Crippen molar-refractivity contribution < 1.29 is 23.9 Å². The Morgan fingerprint density at radius 2 is 1.82 bits per heavy atom. The molecular weight excluding hydrogens is 150 g/mol. The van der Waals surface area contributed by atoms with E-state index >= 15 is 0 Å². The highest BCUT2D eigenvalue weighted by atomic mass is 16.7. The van der Waals surface area contributed by atoms with Gasteiger partial charge in [-0.05, 0) is 0 Å². The summed E-state index contributed by atoms with van der Waals surface area (Å²) in [7, 11) is 5.30. The van der Waals surface area contributed by atoms with Crippen LogP contribution in [0.25, 0.3) is 0 Å². The van der Waals surface area contributed by atoms with Gasteiger partial charge >= 0.3 is 12.1 Å². The molecule has 0 radical (unpaired) electrons. The second-order valence-electron chi connectivity index (χ2n) is 3.19. The molecule has 0 bridgehead atoms. The van der Waals surface area contributed by atoms with Crippen LogP contribution < -0.4 is 0 Å². The third-order valence-corrected chi connectivity index (χ3v) is 0.805. The van der Waals surface area contributed by atoms with Crippen molar-refractivity contribution in [3.05, 3.63) is 0 Å². The molecule has 0 saturated heterocycles. The molecule has 0 aromatic heterocycles. The van der Waals surface area contributed by atoms with E-state index in [1.807, 2.05) is 0 Å². The molecule has 11 heavy (non-hydrogen) atoms. The first kappa shape index (κ1) is 9.90. The SMILES string of the molecule is C[N+](C)(C)CC(=O)OC(=O)O. The Labute approximate surface area is 64.8 Å². The fraction of sp³-hybridized carbons (Fsp3) is 0.667. The van der Waals surface area contributed by atoms with Crippen LogP contribution in [0, 0.1) is 0 Å². The molecular formula is C6H12NO4+. The smallest absolute Gasteiger partial charge is 0.449 e. The molecule has 5 nitrogen and oxygen atoms in total. The first-order valence-electron chi connectivity index (χ1n) is 3.05. The maximum Gasteiger partial charge on any atom is 0.513 e. The first-order valence-corrected chi connectivity index (χ1v) is 3.05. The van der Waals surface area contributed by atoms with Crippen LogP contribution in [0.3, 0.4) is 0 Å². The maximum atomic E-state index is 10.7. The van der Waals surface area contributed by atoms with Crippen molar-refractivity contribution in [2.75, 3.05) is 27.7 Å². The standard InChI is InChI=1S/C6H11NO4/c1-7(2,3)4-5(8)11-6(9)10/h4H2,1-3H3/p+1. The van der Waals surface area contributed by atoms with E-state index in [2.05, 4.69) is 4.74 Å². The number of carbonyl (C=O) groups excluding carboxylic acids is 1. The molecule has 0 spiro atoms. The molecule has 5 heteroatoms. The fourth-order valence-electron chi connectivity index (χ4n) is 0.517. The predicted molar refractivity (Wildman–Crippen MR) is 37.0 cm³/mol. The van der Waals surface area contributed by atoms with Crippen LogP contribution in [-0.2, 0) is 9.53 Å². The van der Waals surface area contributed by atoms with Crippen LogP contribution in [0.5, 0.6) is 0 Å². The second-order valence-corrected chi connectivity index (χ2v) is 3.19. The number of ether oxygens (including phenoxy) is 1. The molecule has 0 heterocycles. The average Bonchev–Trinajstić information content (AvgIpc) is 1.53. The largest absolute Gasteiger partial charge is 0.513 e. The van der Waals surface area contributed by atoms with E-state index in [4.69, 9.17) is 5.11 Å². The van der Waals surface area contributed by atoms with Gasteiger partial charge in [-0.15, -0.1) is 0 Å². The Morgan fingerprint density at radius 1 is 1.36 bits per heavy atom. The molecule has 1 N–H and O–H groups in total. The number of esters is 1. The van der Waals surface area contributed by atoms with E-state index in [0.717, 1.165) is 0 Å². The molecule has 0 aliphatic carbocycles. The highest BCUT2D eigenvalue weighted by Crippen LogP contribution is 1.91. The molecule has 0 rings (SSSR count). The summed E-state index contributed by atoms with van der Waals surface area (Å²) in [5, 5.41) is 8.03. The van der Waals surface area contributed by atoms with Gasteiger partial charge in [-0.2, -0.15) is 0 Å². The minimum Gasteiger partial charge on any atom is -0.449 e. The quantitative estimate of drug-likeness (QED) is 0.350. The van der Waals surface area contributed by atoms with Gasteiger partial charge in [0, 0.05) is 0 Å². The van der Waals surface area contributed by atoms with Crippen molar-refractivity contribution >= 4 is 12.1 Å². The summed E-state index contributed by atoms with van der Waals surface area (Å²) in [4.78, 5) is 20.5. The first-order chi connectivity index (χ1) is 4.81. The molecule has 0 unspecified atom stereocenters. The third kappa shape index (κ3) is 6.79. The monoisotopic (exact) mass is 162 g/mol. The van der Waals surface area contributed by atoms with Crippen LogP contribution >= 0.6 is 0 Å². The average molecular weight is 162 g/mol. The summed E-state index contributed by atoms with van der Waals surface area (Å²) in [5.74, 6) is -0.731. The molecule has 0 aliphatic rings. The lowest BCUT2D eigenvalue weighted by Crippen LogP contribution is -2.40. The van der Waals surface area contributed by atoms with E-state index in [-0.39, 0.29) is 6.54 Å². The van der Waals surface area contributed by atoms with Gasteiger partial charge in [-0.1, -0.05) is 0 Å². The topological polar surface area (TPSA) is 63.6 Å². The number of carboxylic acid groups (broad SMARTS) is 1. The molecule has 0 aromatic rings.